The fraction of sp³-hybridized carbons (Fsp3) is 0.714. The van der Waals surface area contributed by atoms with Gasteiger partial charge in [0.15, 0.2) is 5.82 Å². The number of anilines is 1. The number of nitrogens with two attached hydrogens (primary N) is 1. The highest BCUT2D eigenvalue weighted by molar-refractivity contribution is 5.52. The molecule has 19 heavy (non-hydrogen) atoms. The minimum absolute atomic E-state index is 0.525. The third kappa shape index (κ3) is 2.87. The maximum atomic E-state index is 5.93. The third-order valence-corrected chi connectivity index (χ3v) is 3.99. The summed E-state index contributed by atoms with van der Waals surface area (Å²) in [5, 5.41) is 8.71. The topological polar surface area (TPSA) is 58.3 Å². The normalized spacial score (nSPS) is 19.5. The second kappa shape index (κ2) is 5.84. The van der Waals surface area contributed by atoms with Crippen molar-refractivity contribution in [3.63, 3.8) is 0 Å². The molecule has 1 fully saturated rings. The van der Waals surface area contributed by atoms with Crippen LogP contribution < -0.4 is 10.6 Å². The Morgan fingerprint density at radius 1 is 1.32 bits per heavy atom. The van der Waals surface area contributed by atoms with Gasteiger partial charge in [-0.25, -0.2) is 0 Å². The van der Waals surface area contributed by atoms with Crippen LogP contribution in [0.3, 0.4) is 0 Å². The minimum Gasteiger partial charge on any atom is -0.351 e. The predicted octanol–water partition coefficient (Wildman–Crippen LogP) is 1.08. The molecule has 0 saturated carbocycles. The van der Waals surface area contributed by atoms with Gasteiger partial charge in [-0.3, -0.25) is 0 Å². The highest BCUT2D eigenvalue weighted by Crippen LogP contribution is 2.28. The van der Waals surface area contributed by atoms with E-state index in [0.29, 0.717) is 12.6 Å². The van der Waals surface area contributed by atoms with Gasteiger partial charge in [0.1, 0.15) is 0 Å². The van der Waals surface area contributed by atoms with Gasteiger partial charge < -0.3 is 15.5 Å². The van der Waals surface area contributed by atoms with E-state index >= 15 is 0 Å². The summed E-state index contributed by atoms with van der Waals surface area (Å²) in [6.45, 7) is 6.73. The average Bonchev–Trinajstić information content (AvgIpc) is 2.79. The van der Waals surface area contributed by atoms with Crippen LogP contribution in [0.2, 0.25) is 0 Å². The number of likely N-dealkylation sites (N-methyl/N-ethyl adjacent to an activating group) is 1. The first-order valence-corrected chi connectivity index (χ1v) is 6.98. The average molecular weight is 263 g/mol. The molecule has 1 atom stereocenters. The molecule has 0 aliphatic carbocycles. The molecule has 2 N–H and O–H groups in total. The maximum Gasteiger partial charge on any atom is 0.156 e. The van der Waals surface area contributed by atoms with Crippen LogP contribution in [0.25, 0.3) is 0 Å². The molecule has 0 radical (unpaired) electrons. The van der Waals surface area contributed by atoms with Crippen molar-refractivity contribution in [2.45, 2.75) is 39.3 Å². The highest BCUT2D eigenvalue weighted by atomic mass is 15.3. The van der Waals surface area contributed by atoms with Crippen LogP contribution in [0, 0.1) is 13.8 Å². The van der Waals surface area contributed by atoms with E-state index in [9.17, 15) is 0 Å². The van der Waals surface area contributed by atoms with Gasteiger partial charge in [-0.05, 0) is 46.3 Å². The first-order chi connectivity index (χ1) is 9.04. The molecular weight excluding hydrogens is 238 g/mol. The molecule has 2 rings (SSSR count). The lowest BCUT2D eigenvalue weighted by molar-refractivity contribution is 0.371. The molecule has 0 bridgehead atoms. The van der Waals surface area contributed by atoms with Crippen molar-refractivity contribution >= 4 is 5.82 Å². The second-order valence-electron chi connectivity index (χ2n) is 5.67. The third-order valence-electron chi connectivity index (χ3n) is 3.99. The van der Waals surface area contributed by atoms with E-state index in [1.807, 2.05) is 6.92 Å². The largest absolute Gasteiger partial charge is 0.351 e. The van der Waals surface area contributed by atoms with Crippen molar-refractivity contribution in [2.75, 3.05) is 32.1 Å². The van der Waals surface area contributed by atoms with Gasteiger partial charge in [-0.2, -0.15) is 5.10 Å². The predicted molar refractivity (Wildman–Crippen MR) is 78.3 cm³/mol. The SMILES string of the molecule is Cc1nnc(N2CCCC2CN(C)C)c(CN)c1C. The lowest BCUT2D eigenvalue weighted by Crippen LogP contribution is -2.39. The molecule has 0 aromatic carbocycles. The summed E-state index contributed by atoms with van der Waals surface area (Å²) in [4.78, 5) is 4.63. The molecule has 1 unspecified atom stereocenters. The monoisotopic (exact) mass is 263 g/mol. The minimum atomic E-state index is 0.525. The number of hydrogen-bond acceptors (Lipinski definition) is 5. The van der Waals surface area contributed by atoms with Crippen LogP contribution in [0.1, 0.15) is 29.7 Å². The first-order valence-electron chi connectivity index (χ1n) is 6.98. The van der Waals surface area contributed by atoms with E-state index < -0.39 is 0 Å². The summed E-state index contributed by atoms with van der Waals surface area (Å²) in [6.07, 6.45) is 2.44. The molecular formula is C14H25N5. The van der Waals surface area contributed by atoms with Crippen LogP contribution in [0.15, 0.2) is 0 Å². The Morgan fingerprint density at radius 2 is 2.05 bits per heavy atom. The summed E-state index contributed by atoms with van der Waals surface area (Å²) in [6, 6.07) is 0.525. The molecule has 1 aromatic rings. The lowest BCUT2D eigenvalue weighted by Gasteiger charge is -2.29. The maximum absolute atomic E-state index is 5.93. The Morgan fingerprint density at radius 3 is 2.68 bits per heavy atom. The van der Waals surface area contributed by atoms with Crippen LogP contribution in [0.4, 0.5) is 5.82 Å². The molecule has 0 amide bonds. The van der Waals surface area contributed by atoms with E-state index in [4.69, 9.17) is 5.73 Å². The second-order valence-corrected chi connectivity index (χ2v) is 5.67. The Bertz CT molecular complexity index is 444. The number of rotatable bonds is 4. The molecule has 1 saturated heterocycles. The molecule has 5 nitrogen and oxygen atoms in total. The van der Waals surface area contributed by atoms with E-state index in [1.54, 1.807) is 0 Å². The van der Waals surface area contributed by atoms with E-state index in [1.165, 1.54) is 18.4 Å². The quantitative estimate of drug-likeness (QED) is 0.881. The first kappa shape index (κ1) is 14.2. The molecule has 106 valence electrons. The van der Waals surface area contributed by atoms with E-state index in [2.05, 4.69) is 41.0 Å². The van der Waals surface area contributed by atoms with Crippen molar-refractivity contribution in [2.24, 2.45) is 5.73 Å². The van der Waals surface area contributed by atoms with Crippen molar-refractivity contribution in [1.82, 2.24) is 15.1 Å². The van der Waals surface area contributed by atoms with Crippen LogP contribution in [-0.2, 0) is 6.54 Å². The number of aryl methyl sites for hydroxylation is 1. The molecule has 0 spiro atoms. The fourth-order valence-corrected chi connectivity index (χ4v) is 2.84. The van der Waals surface area contributed by atoms with Gasteiger partial charge in [0, 0.05) is 31.2 Å². The van der Waals surface area contributed by atoms with Crippen molar-refractivity contribution in [3.05, 3.63) is 16.8 Å². The lowest BCUT2D eigenvalue weighted by atomic mass is 10.1. The molecule has 1 aliphatic rings. The van der Waals surface area contributed by atoms with Crippen LogP contribution in [-0.4, -0.2) is 48.3 Å². The molecule has 2 heterocycles. The summed E-state index contributed by atoms with van der Waals surface area (Å²) in [5.74, 6) is 0.995. The molecule has 1 aromatic heterocycles. The number of hydrogen-bond donors (Lipinski definition) is 1. The summed E-state index contributed by atoms with van der Waals surface area (Å²) >= 11 is 0. The summed E-state index contributed by atoms with van der Waals surface area (Å²) in [5.41, 5.74) is 9.24. The molecule has 5 heteroatoms. The summed E-state index contributed by atoms with van der Waals surface area (Å²) in [7, 11) is 4.23. The van der Waals surface area contributed by atoms with Crippen molar-refractivity contribution < 1.29 is 0 Å². The molecule has 1 aliphatic heterocycles. The van der Waals surface area contributed by atoms with Gasteiger partial charge in [0.25, 0.3) is 0 Å². The zero-order valence-electron chi connectivity index (χ0n) is 12.5. The van der Waals surface area contributed by atoms with E-state index in [0.717, 1.165) is 30.2 Å². The Balaban J connectivity index is 2.32. The van der Waals surface area contributed by atoms with Crippen molar-refractivity contribution in [1.29, 1.82) is 0 Å². The van der Waals surface area contributed by atoms with Gasteiger partial charge in [0.2, 0.25) is 0 Å². The Kier molecular flexibility index (Phi) is 4.37. The van der Waals surface area contributed by atoms with E-state index in [-0.39, 0.29) is 0 Å². The zero-order valence-corrected chi connectivity index (χ0v) is 12.5. The van der Waals surface area contributed by atoms with Crippen LogP contribution >= 0.6 is 0 Å². The number of nitrogens with zero attached hydrogens (tertiary/aromatic N) is 4. The standard InChI is InChI=1S/C14H25N5/c1-10-11(2)16-17-14(13(10)8-15)19-7-5-6-12(19)9-18(3)4/h12H,5-9,15H2,1-4H3. The number of aromatic nitrogens is 2. The Labute approximate surface area is 115 Å². The Hall–Kier alpha value is -1.20. The fourth-order valence-electron chi connectivity index (χ4n) is 2.84. The van der Waals surface area contributed by atoms with Crippen LogP contribution in [0.5, 0.6) is 0 Å². The summed E-state index contributed by atoms with van der Waals surface area (Å²) < 4.78 is 0. The van der Waals surface area contributed by atoms with Gasteiger partial charge in [0.05, 0.1) is 5.69 Å². The van der Waals surface area contributed by atoms with Gasteiger partial charge in [-0.1, -0.05) is 0 Å². The van der Waals surface area contributed by atoms with Gasteiger partial charge >= 0.3 is 0 Å². The highest BCUT2D eigenvalue weighted by Gasteiger charge is 2.28. The smallest absolute Gasteiger partial charge is 0.156 e. The van der Waals surface area contributed by atoms with Crippen molar-refractivity contribution in [3.8, 4) is 0 Å². The zero-order chi connectivity index (χ0) is 14.0. The van der Waals surface area contributed by atoms with Gasteiger partial charge in [-0.15, -0.1) is 5.10 Å².